The summed E-state index contributed by atoms with van der Waals surface area (Å²) in [4.78, 5) is 22.8. The first-order valence-electron chi connectivity index (χ1n) is 9.71. The molecule has 31 heavy (non-hydrogen) atoms. The Hall–Kier alpha value is -2.92. The van der Waals surface area contributed by atoms with Crippen molar-refractivity contribution in [3.63, 3.8) is 0 Å². The summed E-state index contributed by atoms with van der Waals surface area (Å²) in [5, 5.41) is 13.7. The predicted octanol–water partition coefficient (Wildman–Crippen LogP) is 1.18. The fourth-order valence-electron chi connectivity index (χ4n) is 3.63. The van der Waals surface area contributed by atoms with Gasteiger partial charge in [0, 0.05) is 12.5 Å². The molecule has 2 fully saturated rings. The number of aliphatic hydroxyl groups is 1. The fourth-order valence-corrected chi connectivity index (χ4v) is 3.63. The second kappa shape index (κ2) is 9.06. The predicted molar refractivity (Wildman–Crippen MR) is 104 cm³/mol. The normalized spacial score (nSPS) is 30.2. The van der Waals surface area contributed by atoms with Crippen molar-refractivity contribution in [1.29, 1.82) is 0 Å². The molecule has 2 saturated heterocycles. The van der Waals surface area contributed by atoms with E-state index in [0.717, 1.165) is 0 Å². The molecule has 0 aliphatic carbocycles. The zero-order chi connectivity index (χ0) is 22.0. The lowest BCUT2D eigenvalue weighted by atomic mass is 9.96. The van der Waals surface area contributed by atoms with Crippen molar-refractivity contribution in [2.75, 3.05) is 13.7 Å². The molecular weight excluding hydrogens is 410 g/mol. The first-order chi connectivity index (χ1) is 15.0. The van der Waals surface area contributed by atoms with Gasteiger partial charge in [0.1, 0.15) is 30.6 Å². The smallest absolute Gasteiger partial charge is 0.223 e. The van der Waals surface area contributed by atoms with Crippen molar-refractivity contribution >= 4 is 12.2 Å². The van der Waals surface area contributed by atoms with E-state index in [2.05, 4.69) is 5.32 Å². The van der Waals surface area contributed by atoms with Gasteiger partial charge in [-0.2, -0.15) is 0 Å². The Kier molecular flexibility index (Phi) is 6.23. The standard InChI is InChI=1S/C21H23NO9/c1-11(24)22-17-18(25)19-16(10-28-20(31-19)14-4-3-7-27-14)30-21(17)29-13-6-5-12(9-23)8-15(13)26-2/h3-9,16-21,25H,10H2,1-2H3,(H,22,24). The van der Waals surface area contributed by atoms with Crippen LogP contribution in [0.15, 0.2) is 41.0 Å². The largest absolute Gasteiger partial charge is 0.493 e. The fraction of sp³-hybridized carbons (Fsp3) is 0.429. The first-order valence-corrected chi connectivity index (χ1v) is 9.71. The highest BCUT2D eigenvalue weighted by molar-refractivity contribution is 5.76. The van der Waals surface area contributed by atoms with Crippen molar-refractivity contribution in [1.82, 2.24) is 5.32 Å². The van der Waals surface area contributed by atoms with E-state index in [1.165, 1.54) is 26.4 Å². The lowest BCUT2D eigenvalue weighted by Gasteiger charge is -2.47. The minimum Gasteiger partial charge on any atom is -0.493 e. The van der Waals surface area contributed by atoms with Crippen LogP contribution < -0.4 is 14.8 Å². The molecule has 4 rings (SSSR count). The third-order valence-electron chi connectivity index (χ3n) is 5.08. The van der Waals surface area contributed by atoms with Crippen LogP contribution in [-0.2, 0) is 19.0 Å². The van der Waals surface area contributed by atoms with Crippen molar-refractivity contribution in [3.8, 4) is 11.5 Å². The highest BCUT2D eigenvalue weighted by Gasteiger charge is 2.51. The van der Waals surface area contributed by atoms with Crippen LogP contribution in [0.1, 0.15) is 29.3 Å². The molecule has 3 heterocycles. The number of aliphatic hydroxyl groups excluding tert-OH is 1. The number of methoxy groups -OCH3 is 1. The van der Waals surface area contributed by atoms with Crippen LogP contribution in [0.2, 0.25) is 0 Å². The lowest BCUT2D eigenvalue weighted by Crippen LogP contribution is -2.67. The number of fused-ring (bicyclic) bond motifs is 1. The Bertz CT molecular complexity index is 916. The molecular formula is C21H23NO9. The van der Waals surface area contributed by atoms with E-state index in [9.17, 15) is 14.7 Å². The highest BCUT2D eigenvalue weighted by Crippen LogP contribution is 2.36. The second-order valence-electron chi connectivity index (χ2n) is 7.19. The molecule has 6 unspecified atom stereocenters. The van der Waals surface area contributed by atoms with Gasteiger partial charge in [0.2, 0.25) is 18.5 Å². The molecule has 2 N–H and O–H groups in total. The molecule has 10 heteroatoms. The Morgan fingerprint density at radius 1 is 1.26 bits per heavy atom. The van der Waals surface area contributed by atoms with Crippen LogP contribution in [0, 0.1) is 0 Å². The molecule has 2 aromatic rings. The highest BCUT2D eigenvalue weighted by atomic mass is 16.8. The Morgan fingerprint density at radius 3 is 2.77 bits per heavy atom. The SMILES string of the molecule is COc1cc(C=O)ccc1OC1OC2COC(c3ccco3)OC2C(O)C1NC(C)=O. The third kappa shape index (κ3) is 4.42. The van der Waals surface area contributed by atoms with Crippen LogP contribution in [0.5, 0.6) is 11.5 Å². The maximum absolute atomic E-state index is 11.8. The summed E-state index contributed by atoms with van der Waals surface area (Å²) in [5.41, 5.74) is 0.408. The minimum absolute atomic E-state index is 0.112. The number of aldehydes is 1. The third-order valence-corrected chi connectivity index (χ3v) is 5.08. The van der Waals surface area contributed by atoms with E-state index in [0.29, 0.717) is 23.4 Å². The van der Waals surface area contributed by atoms with E-state index in [1.54, 1.807) is 24.3 Å². The van der Waals surface area contributed by atoms with Crippen LogP contribution in [-0.4, -0.2) is 61.7 Å². The average Bonchev–Trinajstić information content (AvgIpc) is 3.31. The van der Waals surface area contributed by atoms with E-state index >= 15 is 0 Å². The number of hydrogen-bond acceptors (Lipinski definition) is 9. The summed E-state index contributed by atoms with van der Waals surface area (Å²) < 4.78 is 34.1. The summed E-state index contributed by atoms with van der Waals surface area (Å²) in [6.45, 7) is 1.44. The summed E-state index contributed by atoms with van der Waals surface area (Å²) in [6, 6.07) is 7.09. The van der Waals surface area contributed by atoms with Crippen molar-refractivity contribution < 1.29 is 42.8 Å². The molecule has 2 aliphatic rings. The minimum atomic E-state index is -1.16. The van der Waals surface area contributed by atoms with Gasteiger partial charge >= 0.3 is 0 Å². The Balaban J connectivity index is 1.56. The summed E-state index contributed by atoms with van der Waals surface area (Å²) >= 11 is 0. The number of benzene rings is 1. The van der Waals surface area contributed by atoms with E-state index in [-0.39, 0.29) is 18.3 Å². The average molecular weight is 433 g/mol. The first kappa shape index (κ1) is 21.3. The zero-order valence-corrected chi connectivity index (χ0v) is 16.9. The summed E-state index contributed by atoms with van der Waals surface area (Å²) in [6.07, 6.45) is -2.30. The number of furan rings is 1. The van der Waals surface area contributed by atoms with Gasteiger partial charge in [-0.25, -0.2) is 0 Å². The number of amides is 1. The van der Waals surface area contributed by atoms with Gasteiger partial charge in [-0.05, 0) is 30.3 Å². The molecule has 0 saturated carbocycles. The zero-order valence-electron chi connectivity index (χ0n) is 16.9. The molecule has 0 spiro atoms. The number of ether oxygens (including phenoxy) is 5. The van der Waals surface area contributed by atoms with Crippen molar-refractivity contribution in [2.45, 2.75) is 43.9 Å². The molecule has 0 bridgehead atoms. The quantitative estimate of drug-likeness (QED) is 0.646. The number of rotatable bonds is 6. The second-order valence-corrected chi connectivity index (χ2v) is 7.19. The topological polar surface area (TPSA) is 126 Å². The van der Waals surface area contributed by atoms with E-state index in [4.69, 9.17) is 28.1 Å². The van der Waals surface area contributed by atoms with E-state index < -0.39 is 36.9 Å². The number of carbonyl (C=O) groups excluding carboxylic acids is 2. The maximum atomic E-state index is 11.8. The number of hydrogen-bond donors (Lipinski definition) is 2. The van der Waals surface area contributed by atoms with Gasteiger partial charge in [0.05, 0.1) is 20.0 Å². The molecule has 1 aromatic carbocycles. The Morgan fingerprint density at radius 2 is 2.10 bits per heavy atom. The molecule has 1 amide bonds. The molecule has 0 radical (unpaired) electrons. The summed E-state index contributed by atoms with van der Waals surface area (Å²) in [5.74, 6) is 0.670. The molecule has 6 atom stereocenters. The van der Waals surface area contributed by atoms with Gasteiger partial charge in [-0.1, -0.05) is 0 Å². The van der Waals surface area contributed by atoms with Crippen LogP contribution >= 0.6 is 0 Å². The number of nitrogens with one attached hydrogen (secondary N) is 1. The molecule has 166 valence electrons. The molecule has 2 aliphatic heterocycles. The lowest BCUT2D eigenvalue weighted by molar-refractivity contribution is -0.336. The molecule has 10 nitrogen and oxygen atoms in total. The summed E-state index contributed by atoms with van der Waals surface area (Å²) in [7, 11) is 1.44. The van der Waals surface area contributed by atoms with Gasteiger partial charge in [0.25, 0.3) is 0 Å². The van der Waals surface area contributed by atoms with E-state index in [1.807, 2.05) is 0 Å². The van der Waals surface area contributed by atoms with Crippen molar-refractivity contribution in [3.05, 3.63) is 47.9 Å². The monoisotopic (exact) mass is 433 g/mol. The van der Waals surface area contributed by atoms with Gasteiger partial charge in [-0.3, -0.25) is 9.59 Å². The van der Waals surface area contributed by atoms with Crippen LogP contribution in [0.4, 0.5) is 0 Å². The van der Waals surface area contributed by atoms with Gasteiger partial charge in [-0.15, -0.1) is 0 Å². The molecule has 1 aromatic heterocycles. The van der Waals surface area contributed by atoms with Crippen LogP contribution in [0.3, 0.4) is 0 Å². The van der Waals surface area contributed by atoms with Crippen LogP contribution in [0.25, 0.3) is 0 Å². The van der Waals surface area contributed by atoms with Gasteiger partial charge < -0.3 is 38.5 Å². The van der Waals surface area contributed by atoms with Crippen molar-refractivity contribution in [2.24, 2.45) is 0 Å². The number of carbonyl (C=O) groups is 2. The maximum Gasteiger partial charge on any atom is 0.223 e. The van der Waals surface area contributed by atoms with Gasteiger partial charge in [0.15, 0.2) is 17.3 Å². The Labute approximate surface area is 178 Å².